The van der Waals surface area contributed by atoms with Crippen molar-refractivity contribution in [2.45, 2.75) is 12.7 Å². The van der Waals surface area contributed by atoms with Crippen molar-refractivity contribution in [1.29, 1.82) is 0 Å². The Labute approximate surface area is 145 Å². The highest BCUT2D eigenvalue weighted by Gasteiger charge is 2.16. The molecule has 0 saturated carbocycles. The summed E-state index contributed by atoms with van der Waals surface area (Å²) in [6.07, 6.45) is 4.67. The molecule has 3 N–H and O–H groups in total. The highest BCUT2D eigenvalue weighted by molar-refractivity contribution is 7.71. The van der Waals surface area contributed by atoms with Gasteiger partial charge in [0.15, 0.2) is 0 Å². The van der Waals surface area contributed by atoms with Crippen LogP contribution in [0.2, 0.25) is 0 Å². The smallest absolute Gasteiger partial charge is 0.252 e. The van der Waals surface area contributed by atoms with Crippen LogP contribution in [-0.4, -0.2) is 24.3 Å². The van der Waals surface area contributed by atoms with Crippen molar-refractivity contribution in [3.05, 3.63) is 59.5 Å². The molecule has 25 heavy (non-hydrogen) atoms. The zero-order chi connectivity index (χ0) is 18.0. The van der Waals surface area contributed by atoms with Crippen LogP contribution in [0, 0.1) is 6.92 Å². The largest absolute Gasteiger partial charge is 0.365 e. The third kappa shape index (κ3) is 3.58. The lowest BCUT2D eigenvalue weighted by atomic mass is 10.0. The van der Waals surface area contributed by atoms with Gasteiger partial charge in [0.25, 0.3) is 5.91 Å². The van der Waals surface area contributed by atoms with Crippen molar-refractivity contribution in [2.75, 3.05) is 5.32 Å². The lowest BCUT2D eigenvalue weighted by Gasteiger charge is -2.15. The van der Waals surface area contributed by atoms with Crippen LogP contribution in [0.4, 0.5) is 11.4 Å². The first kappa shape index (κ1) is 16.8. The number of carbonyl (C=O) groups is 1. The van der Waals surface area contributed by atoms with Gasteiger partial charge in [-0.2, -0.15) is 0 Å². The molecule has 0 radical (unpaired) electrons. The predicted molar refractivity (Wildman–Crippen MR) is 96.5 cm³/mol. The average molecular weight is 356 g/mol. The number of primary amides is 1. The normalized spacial score (nSPS) is 11.0. The molecule has 2 aromatic heterocycles. The van der Waals surface area contributed by atoms with Crippen LogP contribution in [0.15, 0.2) is 42.9 Å². The van der Waals surface area contributed by atoms with E-state index in [1.807, 2.05) is 6.92 Å². The number of nitrogens with zero attached hydrogens (tertiary/aromatic N) is 2. The molecular formula is C17H16N4O3S. The number of benzene rings is 1. The van der Waals surface area contributed by atoms with Crippen LogP contribution in [0.25, 0.3) is 10.9 Å². The summed E-state index contributed by atoms with van der Waals surface area (Å²) >= 11 is 0. The molecule has 1 amide bonds. The standard InChI is InChI=1S/C17H16N4O3S/c1-10-5-11(9-25(23)24)6-13-15(10)20-8-14(17(18)22)16(13)21-12-3-2-4-19-7-12/h2-8,25H,9H2,1H3,(H2,18,22)(H,20,21). The first-order valence-corrected chi connectivity index (χ1v) is 8.83. The Morgan fingerprint density at radius 2 is 2.08 bits per heavy atom. The van der Waals surface area contributed by atoms with Crippen LogP contribution < -0.4 is 11.1 Å². The van der Waals surface area contributed by atoms with Gasteiger partial charge in [0.2, 0.25) is 0 Å². The molecule has 0 fully saturated rings. The molecule has 0 unspecified atom stereocenters. The number of hydrogen-bond acceptors (Lipinski definition) is 6. The third-order valence-electron chi connectivity index (χ3n) is 3.73. The number of aryl methyl sites for hydroxylation is 1. The first-order valence-electron chi connectivity index (χ1n) is 7.46. The lowest BCUT2D eigenvalue weighted by molar-refractivity contribution is 0.100. The number of nitrogens with two attached hydrogens (primary N) is 1. The second-order valence-corrected chi connectivity index (χ2v) is 6.56. The van der Waals surface area contributed by atoms with Crippen molar-refractivity contribution in [3.63, 3.8) is 0 Å². The Morgan fingerprint density at radius 1 is 1.28 bits per heavy atom. The van der Waals surface area contributed by atoms with Gasteiger partial charge in [-0.15, -0.1) is 0 Å². The van der Waals surface area contributed by atoms with Gasteiger partial charge >= 0.3 is 0 Å². The van der Waals surface area contributed by atoms with E-state index in [4.69, 9.17) is 5.73 Å². The summed E-state index contributed by atoms with van der Waals surface area (Å²) in [4.78, 5) is 20.2. The van der Waals surface area contributed by atoms with Crippen molar-refractivity contribution in [2.24, 2.45) is 5.73 Å². The maximum atomic E-state index is 11.8. The molecule has 1 aromatic carbocycles. The number of thiol groups is 1. The molecule has 128 valence electrons. The summed E-state index contributed by atoms with van der Waals surface area (Å²) in [6, 6.07) is 7.05. The molecule has 3 rings (SSSR count). The first-order chi connectivity index (χ1) is 12.0. The van der Waals surface area contributed by atoms with Crippen molar-refractivity contribution < 1.29 is 13.2 Å². The summed E-state index contributed by atoms with van der Waals surface area (Å²) in [6.45, 7) is 1.84. The van der Waals surface area contributed by atoms with Gasteiger partial charge in [-0.3, -0.25) is 14.8 Å². The van der Waals surface area contributed by atoms with Gasteiger partial charge < -0.3 is 11.1 Å². The molecule has 0 saturated heterocycles. The summed E-state index contributed by atoms with van der Waals surface area (Å²) in [5.41, 5.74) is 8.97. The van der Waals surface area contributed by atoms with Crippen LogP contribution in [0.3, 0.4) is 0 Å². The molecule has 0 atom stereocenters. The minimum absolute atomic E-state index is 0.0841. The molecule has 3 aromatic rings. The number of fused-ring (bicyclic) bond motifs is 1. The molecule has 2 heterocycles. The zero-order valence-corrected chi connectivity index (χ0v) is 14.3. The van der Waals surface area contributed by atoms with E-state index in [1.165, 1.54) is 6.20 Å². The van der Waals surface area contributed by atoms with E-state index in [1.54, 1.807) is 36.7 Å². The molecule has 8 heteroatoms. The van der Waals surface area contributed by atoms with Crippen molar-refractivity contribution in [1.82, 2.24) is 9.97 Å². The van der Waals surface area contributed by atoms with Crippen molar-refractivity contribution >= 4 is 38.9 Å². The van der Waals surface area contributed by atoms with E-state index >= 15 is 0 Å². The Hall–Kier alpha value is -3.00. The van der Waals surface area contributed by atoms with E-state index in [0.29, 0.717) is 27.8 Å². The van der Waals surface area contributed by atoms with Crippen LogP contribution in [0.5, 0.6) is 0 Å². The van der Waals surface area contributed by atoms with Gasteiger partial charge in [0.05, 0.1) is 34.4 Å². The number of hydrogen-bond donors (Lipinski definition) is 3. The highest BCUT2D eigenvalue weighted by Crippen LogP contribution is 2.31. The molecule has 7 nitrogen and oxygen atoms in total. The number of pyridine rings is 2. The molecule has 0 aliphatic carbocycles. The fourth-order valence-electron chi connectivity index (χ4n) is 2.70. The van der Waals surface area contributed by atoms with Crippen LogP contribution in [-0.2, 0) is 16.5 Å². The summed E-state index contributed by atoms with van der Waals surface area (Å²) in [5.74, 6) is -0.710. The number of rotatable bonds is 5. The van der Waals surface area contributed by atoms with Gasteiger partial charge in [-0.25, -0.2) is 8.42 Å². The number of carbonyl (C=O) groups excluding carboxylic acids is 1. The van der Waals surface area contributed by atoms with Gasteiger partial charge in [-0.05, 0) is 36.2 Å². The fourth-order valence-corrected chi connectivity index (χ4v) is 3.18. The number of nitrogens with one attached hydrogen (secondary N) is 1. The maximum absolute atomic E-state index is 11.8. The molecule has 0 bridgehead atoms. The molecular weight excluding hydrogens is 340 g/mol. The van der Waals surface area contributed by atoms with Crippen LogP contribution >= 0.6 is 0 Å². The monoisotopic (exact) mass is 356 g/mol. The molecule has 0 aliphatic heterocycles. The quantitative estimate of drug-likeness (QED) is 0.601. The zero-order valence-electron chi connectivity index (χ0n) is 13.4. The van der Waals surface area contributed by atoms with E-state index in [-0.39, 0.29) is 11.3 Å². The van der Waals surface area contributed by atoms with E-state index in [9.17, 15) is 13.2 Å². The average Bonchev–Trinajstić information content (AvgIpc) is 2.55. The Balaban J connectivity index is 2.26. The fraction of sp³-hybridized carbons (Fsp3) is 0.118. The predicted octanol–water partition coefficient (Wildman–Crippen LogP) is 1.89. The van der Waals surface area contributed by atoms with Gasteiger partial charge in [0, 0.05) is 17.8 Å². The lowest BCUT2D eigenvalue weighted by Crippen LogP contribution is -2.14. The Bertz CT molecular complexity index is 1020. The second-order valence-electron chi connectivity index (χ2n) is 5.58. The maximum Gasteiger partial charge on any atom is 0.252 e. The summed E-state index contributed by atoms with van der Waals surface area (Å²) in [7, 11) is -2.56. The Kier molecular flexibility index (Phi) is 4.62. The van der Waals surface area contributed by atoms with E-state index < -0.39 is 16.6 Å². The Morgan fingerprint density at radius 3 is 2.72 bits per heavy atom. The number of anilines is 2. The minimum Gasteiger partial charge on any atom is -0.365 e. The van der Waals surface area contributed by atoms with E-state index in [0.717, 1.165) is 5.56 Å². The number of amides is 1. The third-order valence-corrected chi connectivity index (χ3v) is 4.35. The highest BCUT2D eigenvalue weighted by atomic mass is 32.2. The van der Waals surface area contributed by atoms with Crippen LogP contribution in [0.1, 0.15) is 21.5 Å². The minimum atomic E-state index is -2.56. The van der Waals surface area contributed by atoms with E-state index in [2.05, 4.69) is 15.3 Å². The molecule has 0 spiro atoms. The molecule has 0 aliphatic rings. The van der Waals surface area contributed by atoms with Gasteiger partial charge in [0.1, 0.15) is 10.7 Å². The summed E-state index contributed by atoms with van der Waals surface area (Å²) < 4.78 is 22.2. The summed E-state index contributed by atoms with van der Waals surface area (Å²) in [5, 5.41) is 3.78. The van der Waals surface area contributed by atoms with Gasteiger partial charge in [-0.1, -0.05) is 6.07 Å². The number of aromatic nitrogens is 2. The topological polar surface area (TPSA) is 115 Å². The van der Waals surface area contributed by atoms with Crippen molar-refractivity contribution in [3.8, 4) is 0 Å². The second kappa shape index (κ2) is 6.86. The SMILES string of the molecule is Cc1cc(C[SH](=O)=O)cc2c(Nc3cccnc3)c(C(N)=O)cnc12.